The summed E-state index contributed by atoms with van der Waals surface area (Å²) in [6.45, 7) is 8.24. The Balaban J connectivity index is 1.98. The number of hydrogen-bond acceptors (Lipinski definition) is 1. The van der Waals surface area contributed by atoms with E-state index in [-0.39, 0.29) is 0 Å². The van der Waals surface area contributed by atoms with E-state index in [0.29, 0.717) is 5.41 Å². The Kier molecular flexibility index (Phi) is 4.65. The molecular weight excluding hydrogens is 244 g/mol. The molecule has 0 bridgehead atoms. The van der Waals surface area contributed by atoms with E-state index in [4.69, 9.17) is 0 Å². The van der Waals surface area contributed by atoms with Crippen LogP contribution in [0.15, 0.2) is 11.6 Å². The molecule has 1 nitrogen and oxygen atoms in total. The third kappa shape index (κ3) is 3.29. The quantitative estimate of drug-likeness (QED) is 0.571. The molecule has 0 saturated heterocycles. The number of fused-ring (bicyclic) bond motifs is 1. The maximum atomic E-state index is 9.63. The second-order valence-electron chi connectivity index (χ2n) is 7.45. The van der Waals surface area contributed by atoms with E-state index in [1.807, 2.05) is 0 Å². The van der Waals surface area contributed by atoms with Crippen LogP contribution in [0.1, 0.15) is 72.6 Å². The standard InChI is InChI=1S/C19H30O/c1-5-15-9-8-14-19(4)16(11-12-17(15)19)10-6-7-13-18(2,3)20/h5,16-17,20H,6,8-12,14H2,1-4H3/b15-5+. The van der Waals surface area contributed by atoms with Gasteiger partial charge in [-0.1, -0.05) is 24.5 Å². The van der Waals surface area contributed by atoms with Crippen LogP contribution in [0.5, 0.6) is 0 Å². The molecule has 2 fully saturated rings. The van der Waals surface area contributed by atoms with Crippen molar-refractivity contribution in [2.75, 3.05) is 0 Å². The predicted molar refractivity (Wildman–Crippen MR) is 85.2 cm³/mol. The van der Waals surface area contributed by atoms with E-state index in [0.717, 1.165) is 18.3 Å². The smallest absolute Gasteiger partial charge is 0.119 e. The fourth-order valence-electron chi connectivity index (χ4n) is 4.49. The van der Waals surface area contributed by atoms with Crippen LogP contribution in [0.3, 0.4) is 0 Å². The molecule has 0 aromatic carbocycles. The Hall–Kier alpha value is -0.740. The summed E-state index contributed by atoms with van der Waals surface area (Å²) in [4.78, 5) is 0. The van der Waals surface area contributed by atoms with Crippen LogP contribution >= 0.6 is 0 Å². The Labute approximate surface area is 124 Å². The van der Waals surface area contributed by atoms with Gasteiger partial charge < -0.3 is 5.11 Å². The van der Waals surface area contributed by atoms with E-state index < -0.39 is 5.60 Å². The summed E-state index contributed by atoms with van der Waals surface area (Å²) in [5, 5.41) is 9.63. The van der Waals surface area contributed by atoms with Gasteiger partial charge in [-0.15, -0.1) is 5.92 Å². The van der Waals surface area contributed by atoms with Gasteiger partial charge in [-0.3, -0.25) is 0 Å². The number of aliphatic hydroxyl groups is 1. The molecule has 3 atom stereocenters. The molecule has 0 aromatic rings. The molecule has 112 valence electrons. The third-order valence-electron chi connectivity index (χ3n) is 5.54. The van der Waals surface area contributed by atoms with Crippen molar-refractivity contribution in [3.8, 4) is 11.8 Å². The summed E-state index contributed by atoms with van der Waals surface area (Å²) in [6.07, 6.45) is 11.3. The maximum absolute atomic E-state index is 9.63. The van der Waals surface area contributed by atoms with Crippen molar-refractivity contribution >= 4 is 0 Å². The molecule has 0 amide bonds. The minimum absolute atomic E-state index is 0.510. The fraction of sp³-hybridized carbons (Fsp3) is 0.789. The predicted octanol–water partition coefficient (Wildman–Crippen LogP) is 4.70. The van der Waals surface area contributed by atoms with Crippen molar-refractivity contribution in [2.45, 2.75) is 78.2 Å². The lowest BCUT2D eigenvalue weighted by Gasteiger charge is -2.42. The van der Waals surface area contributed by atoms with Gasteiger partial charge in [-0.25, -0.2) is 0 Å². The van der Waals surface area contributed by atoms with E-state index in [2.05, 4.69) is 31.8 Å². The number of rotatable bonds is 2. The van der Waals surface area contributed by atoms with Crippen molar-refractivity contribution in [1.82, 2.24) is 0 Å². The second-order valence-corrected chi connectivity index (χ2v) is 7.45. The zero-order valence-corrected chi connectivity index (χ0v) is 13.6. The molecule has 0 aromatic heterocycles. The zero-order valence-electron chi connectivity index (χ0n) is 13.6. The van der Waals surface area contributed by atoms with E-state index in [1.54, 1.807) is 19.4 Å². The van der Waals surface area contributed by atoms with Crippen LogP contribution in [0.4, 0.5) is 0 Å². The van der Waals surface area contributed by atoms with Gasteiger partial charge in [-0.2, -0.15) is 0 Å². The summed E-state index contributed by atoms with van der Waals surface area (Å²) in [7, 11) is 0. The fourth-order valence-corrected chi connectivity index (χ4v) is 4.49. The maximum Gasteiger partial charge on any atom is 0.119 e. The summed E-state index contributed by atoms with van der Waals surface area (Å²) in [5.41, 5.74) is 1.38. The third-order valence-corrected chi connectivity index (χ3v) is 5.54. The van der Waals surface area contributed by atoms with Crippen molar-refractivity contribution in [3.63, 3.8) is 0 Å². The minimum Gasteiger partial charge on any atom is -0.378 e. The first-order valence-corrected chi connectivity index (χ1v) is 8.24. The van der Waals surface area contributed by atoms with E-state index in [1.165, 1.54) is 38.5 Å². The highest BCUT2D eigenvalue weighted by Crippen LogP contribution is 2.58. The highest BCUT2D eigenvalue weighted by atomic mass is 16.3. The highest BCUT2D eigenvalue weighted by Gasteiger charge is 2.48. The van der Waals surface area contributed by atoms with Crippen molar-refractivity contribution in [2.24, 2.45) is 17.3 Å². The summed E-state index contributed by atoms with van der Waals surface area (Å²) >= 11 is 0. The van der Waals surface area contributed by atoms with Gasteiger partial charge in [0.25, 0.3) is 0 Å². The van der Waals surface area contributed by atoms with Gasteiger partial charge in [0.15, 0.2) is 0 Å². The number of allylic oxidation sites excluding steroid dienone is 2. The Morgan fingerprint density at radius 1 is 1.40 bits per heavy atom. The molecule has 1 N–H and O–H groups in total. The molecule has 0 spiro atoms. The van der Waals surface area contributed by atoms with Crippen molar-refractivity contribution in [3.05, 3.63) is 11.6 Å². The molecule has 20 heavy (non-hydrogen) atoms. The summed E-state index contributed by atoms with van der Waals surface area (Å²) in [5.74, 6) is 7.77. The molecule has 0 aliphatic heterocycles. The molecular formula is C19H30O. The average Bonchev–Trinajstić information content (AvgIpc) is 2.70. The van der Waals surface area contributed by atoms with Gasteiger partial charge in [0.1, 0.15) is 5.60 Å². The van der Waals surface area contributed by atoms with Gasteiger partial charge in [0.05, 0.1) is 0 Å². The van der Waals surface area contributed by atoms with Gasteiger partial charge >= 0.3 is 0 Å². The minimum atomic E-state index is -0.842. The largest absolute Gasteiger partial charge is 0.378 e. The van der Waals surface area contributed by atoms with E-state index in [9.17, 15) is 5.11 Å². The van der Waals surface area contributed by atoms with E-state index >= 15 is 0 Å². The first-order valence-electron chi connectivity index (χ1n) is 8.24. The van der Waals surface area contributed by atoms with Crippen LogP contribution in [0.25, 0.3) is 0 Å². The average molecular weight is 274 g/mol. The lowest BCUT2D eigenvalue weighted by molar-refractivity contribution is 0.130. The number of hydrogen-bond donors (Lipinski definition) is 1. The molecule has 2 saturated carbocycles. The SMILES string of the molecule is C/C=C1\CCCC2(C)C(CCC#CC(C)(C)O)CCC12. The lowest BCUT2D eigenvalue weighted by atomic mass is 9.63. The zero-order chi connectivity index (χ0) is 14.8. The van der Waals surface area contributed by atoms with Crippen LogP contribution < -0.4 is 0 Å². The molecule has 3 unspecified atom stereocenters. The van der Waals surface area contributed by atoms with Crippen LogP contribution in [0.2, 0.25) is 0 Å². The molecule has 2 aliphatic rings. The molecule has 2 rings (SSSR count). The lowest BCUT2D eigenvalue weighted by Crippen LogP contribution is -2.33. The first kappa shape index (κ1) is 15.6. The molecule has 2 aliphatic carbocycles. The van der Waals surface area contributed by atoms with Crippen molar-refractivity contribution < 1.29 is 5.11 Å². The molecule has 0 heterocycles. The topological polar surface area (TPSA) is 20.2 Å². The first-order chi connectivity index (χ1) is 9.37. The van der Waals surface area contributed by atoms with Gasteiger partial charge in [-0.05, 0) is 76.5 Å². The van der Waals surface area contributed by atoms with Gasteiger partial charge in [0.2, 0.25) is 0 Å². The van der Waals surface area contributed by atoms with Crippen LogP contribution in [0, 0.1) is 29.1 Å². The van der Waals surface area contributed by atoms with Crippen LogP contribution in [-0.4, -0.2) is 10.7 Å². The summed E-state index contributed by atoms with van der Waals surface area (Å²) < 4.78 is 0. The van der Waals surface area contributed by atoms with Crippen molar-refractivity contribution in [1.29, 1.82) is 0 Å². The normalized spacial score (nSPS) is 35.5. The molecule has 0 radical (unpaired) electrons. The highest BCUT2D eigenvalue weighted by molar-refractivity contribution is 5.18. The monoisotopic (exact) mass is 274 g/mol. The molecule has 1 heteroatoms. The second kappa shape index (κ2) is 5.94. The van der Waals surface area contributed by atoms with Crippen LogP contribution in [-0.2, 0) is 0 Å². The summed E-state index contributed by atoms with van der Waals surface area (Å²) in [6, 6.07) is 0. The van der Waals surface area contributed by atoms with Gasteiger partial charge in [0, 0.05) is 6.42 Å². The Morgan fingerprint density at radius 2 is 2.15 bits per heavy atom. The Bertz CT molecular complexity index is 429. The Morgan fingerprint density at radius 3 is 2.80 bits per heavy atom.